The maximum atomic E-state index is 12.9. The van der Waals surface area contributed by atoms with Crippen LogP contribution in [0.5, 0.6) is 0 Å². The number of rotatable bonds is 8. The molecule has 1 aromatic rings. The molecule has 6 nitrogen and oxygen atoms in total. The Morgan fingerprint density at radius 3 is 2.12 bits per heavy atom. The minimum atomic E-state index is -0.807. The molecular weight excluding hydrogens is 325 g/mol. The summed E-state index contributed by atoms with van der Waals surface area (Å²) in [5, 5.41) is 7.95. The molecule has 1 aromatic carbocycles. The monoisotopic (exact) mass is 351 g/mol. The predicted molar refractivity (Wildman–Crippen MR) is 93.4 cm³/mol. The van der Waals surface area contributed by atoms with Gasteiger partial charge in [0.05, 0.1) is 0 Å². The molecular formula is C18H26FN3O3. The van der Waals surface area contributed by atoms with Gasteiger partial charge in [0.25, 0.3) is 5.91 Å². The maximum absolute atomic E-state index is 12.9. The van der Waals surface area contributed by atoms with E-state index < -0.39 is 29.7 Å². The molecule has 0 saturated carbocycles. The number of nitrogens with one attached hydrogen (secondary N) is 3. The molecule has 0 fully saturated rings. The van der Waals surface area contributed by atoms with Crippen molar-refractivity contribution in [3.63, 3.8) is 0 Å². The third-order valence-corrected chi connectivity index (χ3v) is 3.64. The molecule has 138 valence electrons. The molecule has 3 amide bonds. The summed E-state index contributed by atoms with van der Waals surface area (Å²) in [5.74, 6) is -1.82. The van der Waals surface area contributed by atoms with E-state index >= 15 is 0 Å². The lowest BCUT2D eigenvalue weighted by atomic mass is 10.0. The van der Waals surface area contributed by atoms with E-state index in [4.69, 9.17) is 0 Å². The molecule has 25 heavy (non-hydrogen) atoms. The lowest BCUT2D eigenvalue weighted by Gasteiger charge is -2.23. The molecule has 3 N–H and O–H groups in total. The van der Waals surface area contributed by atoms with Crippen LogP contribution < -0.4 is 16.0 Å². The van der Waals surface area contributed by atoms with Crippen molar-refractivity contribution in [2.45, 2.75) is 46.2 Å². The highest BCUT2D eigenvalue weighted by Crippen LogP contribution is 2.07. The van der Waals surface area contributed by atoms with Gasteiger partial charge in [0, 0.05) is 12.1 Å². The third-order valence-electron chi connectivity index (χ3n) is 3.64. The van der Waals surface area contributed by atoms with Crippen molar-refractivity contribution in [3.8, 4) is 0 Å². The van der Waals surface area contributed by atoms with E-state index in [1.807, 2.05) is 6.92 Å². The van der Waals surface area contributed by atoms with Crippen molar-refractivity contribution in [2.75, 3.05) is 6.54 Å². The number of halogens is 1. The van der Waals surface area contributed by atoms with Gasteiger partial charge in [0.1, 0.15) is 17.9 Å². The van der Waals surface area contributed by atoms with E-state index in [2.05, 4.69) is 16.0 Å². The van der Waals surface area contributed by atoms with E-state index in [0.717, 1.165) is 6.42 Å². The van der Waals surface area contributed by atoms with Gasteiger partial charge in [0.15, 0.2) is 0 Å². The molecule has 2 atom stereocenters. The number of amides is 3. The molecule has 0 saturated heterocycles. The Labute approximate surface area is 147 Å². The van der Waals surface area contributed by atoms with Crippen LogP contribution in [0.1, 0.15) is 44.5 Å². The summed E-state index contributed by atoms with van der Waals surface area (Å²) in [4.78, 5) is 36.5. The van der Waals surface area contributed by atoms with Gasteiger partial charge < -0.3 is 16.0 Å². The quantitative estimate of drug-likeness (QED) is 0.665. The number of hydrogen-bond donors (Lipinski definition) is 3. The maximum Gasteiger partial charge on any atom is 0.251 e. The van der Waals surface area contributed by atoms with Crippen LogP contribution in [-0.4, -0.2) is 36.3 Å². The van der Waals surface area contributed by atoms with Crippen LogP contribution in [0.3, 0.4) is 0 Å². The van der Waals surface area contributed by atoms with Crippen molar-refractivity contribution in [1.29, 1.82) is 0 Å². The second kappa shape index (κ2) is 9.76. The minimum Gasteiger partial charge on any atom is -0.354 e. The zero-order valence-electron chi connectivity index (χ0n) is 15.1. The van der Waals surface area contributed by atoms with E-state index in [1.54, 1.807) is 20.8 Å². The molecule has 0 spiro atoms. The molecule has 0 radical (unpaired) electrons. The molecule has 0 aliphatic heterocycles. The van der Waals surface area contributed by atoms with Crippen LogP contribution in [0, 0.1) is 11.7 Å². The fourth-order valence-electron chi connectivity index (χ4n) is 2.13. The molecule has 0 bridgehead atoms. The van der Waals surface area contributed by atoms with Gasteiger partial charge in [-0.3, -0.25) is 14.4 Å². The van der Waals surface area contributed by atoms with Crippen molar-refractivity contribution < 1.29 is 18.8 Å². The fourth-order valence-corrected chi connectivity index (χ4v) is 2.13. The van der Waals surface area contributed by atoms with Gasteiger partial charge in [0.2, 0.25) is 11.8 Å². The minimum absolute atomic E-state index is 0.185. The summed E-state index contributed by atoms with van der Waals surface area (Å²) in [6, 6.07) is 3.54. The standard InChI is InChI=1S/C18H26FN3O3/c1-5-10-20-16(23)12(4)21-18(25)15(11(2)3)22-17(24)13-6-8-14(19)9-7-13/h6-9,11-12,15H,5,10H2,1-4H3,(H,20,23)(H,21,25)(H,22,24)/t12-,15+/m1/s1. The third kappa shape index (κ3) is 6.52. The van der Waals surface area contributed by atoms with Crippen LogP contribution in [0.4, 0.5) is 4.39 Å². The molecule has 0 aliphatic carbocycles. The first kappa shape index (κ1) is 20.6. The molecule has 0 aromatic heterocycles. The highest BCUT2D eigenvalue weighted by atomic mass is 19.1. The van der Waals surface area contributed by atoms with E-state index in [-0.39, 0.29) is 17.4 Å². The second-order valence-corrected chi connectivity index (χ2v) is 6.22. The van der Waals surface area contributed by atoms with E-state index in [1.165, 1.54) is 24.3 Å². The first-order valence-electron chi connectivity index (χ1n) is 8.40. The Hall–Kier alpha value is -2.44. The molecule has 0 unspecified atom stereocenters. The molecule has 0 heterocycles. The Morgan fingerprint density at radius 2 is 1.60 bits per heavy atom. The summed E-state index contributed by atoms with van der Waals surface area (Å²) >= 11 is 0. The Balaban J connectivity index is 2.72. The van der Waals surface area contributed by atoms with Crippen LogP contribution >= 0.6 is 0 Å². The Bertz CT molecular complexity index is 602. The predicted octanol–water partition coefficient (Wildman–Crippen LogP) is 1.61. The van der Waals surface area contributed by atoms with E-state index in [0.29, 0.717) is 6.54 Å². The average molecular weight is 351 g/mol. The number of benzene rings is 1. The summed E-state index contributed by atoms with van der Waals surface area (Å²) in [7, 11) is 0. The van der Waals surface area contributed by atoms with Gasteiger partial charge in [-0.1, -0.05) is 20.8 Å². The smallest absolute Gasteiger partial charge is 0.251 e. The van der Waals surface area contributed by atoms with Gasteiger partial charge in [-0.15, -0.1) is 0 Å². The summed E-state index contributed by atoms with van der Waals surface area (Å²) in [6.45, 7) is 7.63. The average Bonchev–Trinajstić information content (AvgIpc) is 2.57. The molecule has 7 heteroatoms. The van der Waals surface area contributed by atoms with E-state index in [9.17, 15) is 18.8 Å². The number of hydrogen-bond acceptors (Lipinski definition) is 3. The normalized spacial score (nSPS) is 13.0. The van der Waals surface area contributed by atoms with Crippen LogP contribution in [0.25, 0.3) is 0 Å². The summed E-state index contributed by atoms with van der Waals surface area (Å²) in [5.41, 5.74) is 0.258. The Morgan fingerprint density at radius 1 is 1.00 bits per heavy atom. The zero-order valence-corrected chi connectivity index (χ0v) is 15.1. The lowest BCUT2D eigenvalue weighted by Crippen LogP contribution is -2.54. The van der Waals surface area contributed by atoms with Crippen molar-refractivity contribution in [2.24, 2.45) is 5.92 Å². The van der Waals surface area contributed by atoms with Gasteiger partial charge in [-0.25, -0.2) is 4.39 Å². The van der Waals surface area contributed by atoms with Crippen LogP contribution in [-0.2, 0) is 9.59 Å². The molecule has 1 rings (SSSR count). The summed E-state index contributed by atoms with van der Waals surface area (Å²) in [6.07, 6.45) is 0.800. The highest BCUT2D eigenvalue weighted by molar-refractivity contribution is 5.98. The lowest BCUT2D eigenvalue weighted by molar-refractivity contribution is -0.130. The fraction of sp³-hybridized carbons (Fsp3) is 0.500. The van der Waals surface area contributed by atoms with Crippen LogP contribution in [0.2, 0.25) is 0 Å². The second-order valence-electron chi connectivity index (χ2n) is 6.22. The van der Waals surface area contributed by atoms with Crippen molar-refractivity contribution in [3.05, 3.63) is 35.6 Å². The largest absolute Gasteiger partial charge is 0.354 e. The number of carbonyl (C=O) groups excluding carboxylic acids is 3. The molecule has 0 aliphatic rings. The highest BCUT2D eigenvalue weighted by Gasteiger charge is 2.27. The van der Waals surface area contributed by atoms with Crippen LogP contribution in [0.15, 0.2) is 24.3 Å². The van der Waals surface area contributed by atoms with Crippen molar-refractivity contribution >= 4 is 17.7 Å². The number of carbonyl (C=O) groups is 3. The zero-order chi connectivity index (χ0) is 19.0. The Kier molecular flexibility index (Phi) is 8.04. The van der Waals surface area contributed by atoms with Gasteiger partial charge in [-0.2, -0.15) is 0 Å². The van der Waals surface area contributed by atoms with Crippen molar-refractivity contribution in [1.82, 2.24) is 16.0 Å². The first-order valence-corrected chi connectivity index (χ1v) is 8.40. The first-order chi connectivity index (χ1) is 11.8. The summed E-state index contributed by atoms with van der Waals surface area (Å²) < 4.78 is 12.9. The van der Waals surface area contributed by atoms with Gasteiger partial charge in [-0.05, 0) is 43.5 Å². The van der Waals surface area contributed by atoms with Gasteiger partial charge >= 0.3 is 0 Å². The topological polar surface area (TPSA) is 87.3 Å². The SMILES string of the molecule is CCCNC(=O)[C@@H](C)NC(=O)[C@@H](NC(=O)c1ccc(F)cc1)C(C)C.